The Morgan fingerprint density at radius 2 is 1.83 bits per heavy atom. The van der Waals surface area contributed by atoms with Crippen molar-refractivity contribution in [2.45, 2.75) is 19.9 Å². The summed E-state index contributed by atoms with van der Waals surface area (Å²) in [5.41, 5.74) is 0. The molecule has 1 rings (SSSR count). The quantitative estimate of drug-likeness (QED) is 0.769. The van der Waals surface area contributed by atoms with E-state index in [-0.39, 0.29) is 12.6 Å². The number of esters is 1. The lowest BCUT2D eigenvalue weighted by Gasteiger charge is -2.24. The van der Waals surface area contributed by atoms with Gasteiger partial charge in [0.2, 0.25) is 0 Å². The van der Waals surface area contributed by atoms with E-state index in [4.69, 9.17) is 4.74 Å². The van der Waals surface area contributed by atoms with Gasteiger partial charge in [-0.1, -0.05) is 18.2 Å². The largest absolute Gasteiger partial charge is 0.468 e. The number of benzene rings is 1. The van der Waals surface area contributed by atoms with Gasteiger partial charge in [0.1, 0.15) is 12.3 Å². The molecule has 0 aliphatic rings. The number of rotatable bonds is 4. The van der Waals surface area contributed by atoms with Crippen LogP contribution in [-0.2, 0) is 9.53 Å². The molecule has 0 spiro atoms. The second-order valence-electron chi connectivity index (χ2n) is 3.98. The van der Waals surface area contributed by atoms with Crippen LogP contribution in [0.25, 0.3) is 0 Å². The Hall–Kier alpha value is -2.04. The van der Waals surface area contributed by atoms with Crippen molar-refractivity contribution in [2.75, 3.05) is 13.7 Å². The maximum Gasteiger partial charge on any atom is 0.415 e. The second kappa shape index (κ2) is 6.64. The van der Waals surface area contributed by atoms with E-state index in [1.165, 1.54) is 12.0 Å². The van der Waals surface area contributed by atoms with Crippen LogP contribution in [0.3, 0.4) is 0 Å². The molecule has 0 aromatic heterocycles. The van der Waals surface area contributed by atoms with Crippen molar-refractivity contribution in [3.05, 3.63) is 30.3 Å². The summed E-state index contributed by atoms with van der Waals surface area (Å²) in [6, 6.07) is 8.56. The normalized spacial score (nSPS) is 10.0. The molecule has 0 saturated heterocycles. The summed E-state index contributed by atoms with van der Waals surface area (Å²) in [6.07, 6.45) is -0.568. The summed E-state index contributed by atoms with van der Waals surface area (Å²) in [5, 5.41) is 0. The molecule has 0 atom stereocenters. The lowest BCUT2D eigenvalue weighted by atomic mass is 10.3. The first-order valence-corrected chi connectivity index (χ1v) is 5.65. The molecule has 0 aliphatic heterocycles. The lowest BCUT2D eigenvalue weighted by molar-refractivity contribution is -0.141. The predicted octanol–water partition coefficient (Wildman–Crippen LogP) is 2.07. The Labute approximate surface area is 106 Å². The van der Waals surface area contributed by atoms with Gasteiger partial charge < -0.3 is 9.47 Å². The van der Waals surface area contributed by atoms with Crippen molar-refractivity contribution in [1.82, 2.24) is 4.90 Å². The number of carbonyl (C=O) groups excluding carboxylic acids is 2. The van der Waals surface area contributed by atoms with Crippen LogP contribution in [0.15, 0.2) is 30.3 Å². The van der Waals surface area contributed by atoms with E-state index in [1.807, 2.05) is 6.07 Å². The smallest absolute Gasteiger partial charge is 0.415 e. The third-order valence-electron chi connectivity index (χ3n) is 2.33. The van der Waals surface area contributed by atoms with Crippen LogP contribution >= 0.6 is 0 Å². The summed E-state index contributed by atoms with van der Waals surface area (Å²) < 4.78 is 9.71. The van der Waals surface area contributed by atoms with Crippen molar-refractivity contribution >= 4 is 12.1 Å². The van der Waals surface area contributed by atoms with E-state index < -0.39 is 12.1 Å². The van der Waals surface area contributed by atoms with Gasteiger partial charge in [0.05, 0.1) is 7.11 Å². The topological polar surface area (TPSA) is 55.8 Å². The molecular weight excluding hydrogens is 234 g/mol. The molecule has 0 radical (unpaired) electrons. The molecule has 0 saturated carbocycles. The molecule has 0 heterocycles. The van der Waals surface area contributed by atoms with E-state index in [2.05, 4.69) is 4.74 Å². The molecular formula is C13H17NO4. The zero-order valence-electron chi connectivity index (χ0n) is 10.8. The van der Waals surface area contributed by atoms with Crippen molar-refractivity contribution in [1.29, 1.82) is 0 Å². The molecule has 1 aromatic carbocycles. The van der Waals surface area contributed by atoms with Crippen molar-refractivity contribution in [3.63, 3.8) is 0 Å². The Kier molecular flexibility index (Phi) is 5.17. The average molecular weight is 251 g/mol. The summed E-state index contributed by atoms with van der Waals surface area (Å²) in [7, 11) is 1.28. The molecule has 1 amide bonds. The molecule has 0 N–H and O–H groups in total. The summed E-state index contributed by atoms with van der Waals surface area (Å²) in [4.78, 5) is 24.4. The molecule has 0 bridgehead atoms. The van der Waals surface area contributed by atoms with E-state index >= 15 is 0 Å². The Bertz CT molecular complexity index is 403. The molecule has 98 valence electrons. The van der Waals surface area contributed by atoms with E-state index in [1.54, 1.807) is 38.1 Å². The van der Waals surface area contributed by atoms with Gasteiger partial charge in [-0.05, 0) is 26.0 Å². The zero-order chi connectivity index (χ0) is 13.5. The number of ether oxygens (including phenoxy) is 2. The van der Waals surface area contributed by atoms with Crippen LogP contribution < -0.4 is 4.74 Å². The first-order valence-electron chi connectivity index (χ1n) is 5.65. The number of nitrogens with zero attached hydrogens (tertiary/aromatic N) is 1. The van der Waals surface area contributed by atoms with Gasteiger partial charge >= 0.3 is 12.1 Å². The molecule has 5 nitrogen and oxygen atoms in total. The lowest BCUT2D eigenvalue weighted by Crippen LogP contribution is -2.42. The van der Waals surface area contributed by atoms with Gasteiger partial charge in [-0.25, -0.2) is 4.79 Å². The van der Waals surface area contributed by atoms with Crippen LogP contribution in [0.1, 0.15) is 13.8 Å². The van der Waals surface area contributed by atoms with E-state index in [0.717, 1.165) is 0 Å². The molecule has 0 unspecified atom stereocenters. The minimum atomic E-state index is -0.568. The Balaban J connectivity index is 2.68. The first kappa shape index (κ1) is 14.0. The molecule has 0 aliphatic carbocycles. The molecule has 5 heteroatoms. The Morgan fingerprint density at radius 3 is 2.33 bits per heavy atom. The second-order valence-corrected chi connectivity index (χ2v) is 3.98. The highest BCUT2D eigenvalue weighted by molar-refractivity contribution is 5.79. The molecule has 0 fully saturated rings. The van der Waals surface area contributed by atoms with Crippen LogP contribution in [-0.4, -0.2) is 36.7 Å². The number of methoxy groups -OCH3 is 1. The number of amides is 1. The van der Waals surface area contributed by atoms with Gasteiger partial charge in [-0.3, -0.25) is 9.69 Å². The zero-order valence-corrected chi connectivity index (χ0v) is 10.8. The monoisotopic (exact) mass is 251 g/mol. The standard InChI is InChI=1S/C13H17NO4/c1-10(2)14(9-12(15)17-3)13(16)18-11-7-5-4-6-8-11/h4-8,10H,9H2,1-3H3. The van der Waals surface area contributed by atoms with E-state index in [0.29, 0.717) is 5.75 Å². The maximum atomic E-state index is 11.9. The van der Waals surface area contributed by atoms with Gasteiger partial charge in [0, 0.05) is 6.04 Å². The highest BCUT2D eigenvalue weighted by Gasteiger charge is 2.22. The van der Waals surface area contributed by atoms with Gasteiger partial charge in [0.25, 0.3) is 0 Å². The van der Waals surface area contributed by atoms with E-state index in [9.17, 15) is 9.59 Å². The number of hydrogen-bond donors (Lipinski definition) is 0. The number of carbonyl (C=O) groups is 2. The highest BCUT2D eigenvalue weighted by Crippen LogP contribution is 2.11. The summed E-state index contributed by atoms with van der Waals surface area (Å²) in [6.45, 7) is 3.48. The third-order valence-corrected chi connectivity index (χ3v) is 2.33. The predicted molar refractivity (Wildman–Crippen MR) is 66.3 cm³/mol. The molecule has 18 heavy (non-hydrogen) atoms. The van der Waals surface area contributed by atoms with Crippen molar-refractivity contribution in [3.8, 4) is 5.75 Å². The number of hydrogen-bond acceptors (Lipinski definition) is 4. The van der Waals surface area contributed by atoms with Crippen molar-refractivity contribution in [2.24, 2.45) is 0 Å². The van der Waals surface area contributed by atoms with Gasteiger partial charge in [-0.15, -0.1) is 0 Å². The Morgan fingerprint density at radius 1 is 1.22 bits per heavy atom. The first-order chi connectivity index (χ1) is 8.54. The molecule has 1 aromatic rings. The van der Waals surface area contributed by atoms with Crippen LogP contribution in [0.5, 0.6) is 5.75 Å². The maximum absolute atomic E-state index is 11.9. The SMILES string of the molecule is COC(=O)CN(C(=O)Oc1ccccc1)C(C)C. The fraction of sp³-hybridized carbons (Fsp3) is 0.385. The third kappa shape index (κ3) is 4.08. The average Bonchev–Trinajstić information content (AvgIpc) is 2.36. The van der Waals surface area contributed by atoms with Gasteiger partial charge in [0.15, 0.2) is 0 Å². The fourth-order valence-corrected chi connectivity index (χ4v) is 1.31. The highest BCUT2D eigenvalue weighted by atomic mass is 16.6. The van der Waals surface area contributed by atoms with Crippen LogP contribution in [0.4, 0.5) is 4.79 Å². The van der Waals surface area contributed by atoms with Gasteiger partial charge in [-0.2, -0.15) is 0 Å². The fourth-order valence-electron chi connectivity index (χ4n) is 1.31. The van der Waals surface area contributed by atoms with Crippen molar-refractivity contribution < 1.29 is 19.1 Å². The van der Waals surface area contributed by atoms with Crippen LogP contribution in [0, 0.1) is 0 Å². The minimum absolute atomic E-state index is 0.125. The summed E-state index contributed by atoms with van der Waals surface area (Å²) in [5.74, 6) is -0.0354. The summed E-state index contributed by atoms with van der Waals surface area (Å²) >= 11 is 0. The minimum Gasteiger partial charge on any atom is -0.468 e. The number of para-hydroxylation sites is 1. The van der Waals surface area contributed by atoms with Crippen LogP contribution in [0.2, 0.25) is 0 Å².